The minimum Gasteiger partial charge on any atom is -0.465 e. The molecule has 0 atom stereocenters. The third kappa shape index (κ3) is 7.43. The second-order valence-electron chi connectivity index (χ2n) is 6.96. The molecule has 9 heteroatoms. The quantitative estimate of drug-likeness (QED) is 0.436. The molecule has 0 saturated carbocycles. The van der Waals surface area contributed by atoms with E-state index in [1.165, 1.54) is 25.2 Å². The molecular formula is C20H24N2O5S2. The van der Waals surface area contributed by atoms with Crippen molar-refractivity contribution in [1.29, 1.82) is 0 Å². The van der Waals surface area contributed by atoms with E-state index in [4.69, 9.17) is 27.4 Å². The summed E-state index contributed by atoms with van der Waals surface area (Å²) in [6, 6.07) is 7.93. The molecule has 0 fully saturated rings. The average Bonchev–Trinajstić information content (AvgIpc) is 3.09. The molecule has 0 saturated heterocycles. The molecule has 0 unspecified atom stereocenters. The van der Waals surface area contributed by atoms with E-state index in [9.17, 15) is 14.4 Å². The van der Waals surface area contributed by atoms with Crippen LogP contribution in [0.2, 0.25) is 0 Å². The molecule has 7 nitrogen and oxygen atoms in total. The third-order valence-electron chi connectivity index (χ3n) is 4.44. The topological polar surface area (TPSA) is 111 Å². The van der Waals surface area contributed by atoms with Gasteiger partial charge in [0.15, 0.2) is 3.95 Å². The first-order chi connectivity index (χ1) is 13.7. The molecule has 2 rings (SSSR count). The smallest absolute Gasteiger partial charge is 0.302 e. The minimum absolute atomic E-state index is 0.0535. The third-order valence-corrected chi connectivity index (χ3v) is 5.50. The van der Waals surface area contributed by atoms with Crippen LogP contribution in [0, 0.1) is 9.37 Å². The van der Waals surface area contributed by atoms with Gasteiger partial charge in [-0.05, 0) is 36.2 Å². The fourth-order valence-electron chi connectivity index (χ4n) is 2.94. The molecule has 1 heterocycles. The number of thiazole rings is 1. The Hall–Kier alpha value is -2.52. The number of nitrogens with one attached hydrogen (secondary N) is 1. The van der Waals surface area contributed by atoms with Crippen molar-refractivity contribution in [3.63, 3.8) is 0 Å². The number of aromatic amines is 1. The number of carbonyl (C=O) groups is 3. The standard InChI is InChI=1S/C20H24N2O5S2/c1-13(23)26-11-20(9-18(21)25,12-27-14(2)24)8-7-15-3-5-16(6-4-15)17-10-29-19(28)22-17/h3-6,10H,7-9,11-12H2,1-2H3,(H2,21,25)(H,22,28). The minimum atomic E-state index is -0.875. The number of hydrogen-bond donors (Lipinski definition) is 2. The van der Waals surface area contributed by atoms with Crippen LogP contribution in [0.1, 0.15) is 32.3 Å². The van der Waals surface area contributed by atoms with Gasteiger partial charge in [-0.1, -0.05) is 24.3 Å². The van der Waals surface area contributed by atoms with Crippen molar-refractivity contribution in [2.45, 2.75) is 33.1 Å². The number of rotatable bonds is 10. The lowest BCUT2D eigenvalue weighted by Gasteiger charge is -2.31. The van der Waals surface area contributed by atoms with Gasteiger partial charge in [0.1, 0.15) is 13.2 Å². The Balaban J connectivity index is 2.15. The Kier molecular flexibility index (Phi) is 8.10. The summed E-state index contributed by atoms with van der Waals surface area (Å²) in [5.41, 5.74) is 7.55. The Morgan fingerprint density at radius 2 is 1.69 bits per heavy atom. The van der Waals surface area contributed by atoms with E-state index < -0.39 is 23.3 Å². The number of aromatic nitrogens is 1. The normalized spacial score (nSPS) is 11.1. The predicted molar refractivity (Wildman–Crippen MR) is 113 cm³/mol. The second kappa shape index (κ2) is 10.3. The first-order valence-electron chi connectivity index (χ1n) is 9.01. The number of esters is 2. The van der Waals surface area contributed by atoms with Gasteiger partial charge >= 0.3 is 11.9 Å². The van der Waals surface area contributed by atoms with Gasteiger partial charge in [0.25, 0.3) is 0 Å². The highest BCUT2D eigenvalue weighted by molar-refractivity contribution is 7.73. The number of benzene rings is 1. The molecule has 0 aliphatic carbocycles. The summed E-state index contributed by atoms with van der Waals surface area (Å²) in [7, 11) is 0. The lowest BCUT2D eigenvalue weighted by Crippen LogP contribution is -2.38. The molecule has 0 aliphatic heterocycles. The maximum atomic E-state index is 11.6. The van der Waals surface area contributed by atoms with Gasteiger partial charge in [-0.15, -0.1) is 11.3 Å². The highest BCUT2D eigenvalue weighted by Crippen LogP contribution is 2.31. The highest BCUT2D eigenvalue weighted by atomic mass is 32.1. The van der Waals surface area contributed by atoms with Gasteiger partial charge < -0.3 is 20.2 Å². The zero-order chi connectivity index (χ0) is 21.4. The highest BCUT2D eigenvalue weighted by Gasteiger charge is 2.35. The second-order valence-corrected chi connectivity index (χ2v) is 8.51. The number of H-pyrrole nitrogens is 1. The van der Waals surface area contributed by atoms with Crippen molar-refractivity contribution in [3.05, 3.63) is 39.2 Å². The number of primary amides is 1. The van der Waals surface area contributed by atoms with E-state index in [1.807, 2.05) is 29.6 Å². The molecular weight excluding hydrogens is 412 g/mol. The number of ether oxygens (including phenoxy) is 2. The van der Waals surface area contributed by atoms with Crippen LogP contribution < -0.4 is 5.73 Å². The number of aryl methyl sites for hydroxylation is 1. The number of nitrogens with two attached hydrogens (primary N) is 1. The van der Waals surface area contributed by atoms with E-state index in [0.29, 0.717) is 12.8 Å². The SMILES string of the molecule is CC(=O)OCC(CCc1ccc(-c2csc(=S)[nH]2)cc1)(COC(C)=O)CC(N)=O. The summed E-state index contributed by atoms with van der Waals surface area (Å²) in [6.45, 7) is 2.47. The predicted octanol–water partition coefficient (Wildman–Crippen LogP) is 3.39. The van der Waals surface area contributed by atoms with Crippen LogP contribution in [-0.4, -0.2) is 36.0 Å². The molecule has 0 spiro atoms. The fraction of sp³-hybridized carbons (Fsp3) is 0.400. The first kappa shape index (κ1) is 22.8. The van der Waals surface area contributed by atoms with Gasteiger partial charge in [0, 0.05) is 31.1 Å². The van der Waals surface area contributed by atoms with Crippen LogP contribution in [0.4, 0.5) is 0 Å². The van der Waals surface area contributed by atoms with E-state index in [1.54, 1.807) is 0 Å². The maximum Gasteiger partial charge on any atom is 0.302 e. The largest absolute Gasteiger partial charge is 0.465 e. The molecule has 0 bridgehead atoms. The van der Waals surface area contributed by atoms with Crippen LogP contribution in [0.5, 0.6) is 0 Å². The monoisotopic (exact) mass is 436 g/mol. The molecule has 0 aliphatic rings. The van der Waals surface area contributed by atoms with E-state index in [-0.39, 0.29) is 19.6 Å². The maximum absolute atomic E-state index is 11.6. The van der Waals surface area contributed by atoms with Gasteiger partial charge in [-0.2, -0.15) is 0 Å². The van der Waals surface area contributed by atoms with Crippen molar-refractivity contribution in [1.82, 2.24) is 4.98 Å². The molecule has 3 N–H and O–H groups in total. The Morgan fingerprint density at radius 3 is 2.14 bits per heavy atom. The first-order valence-corrected chi connectivity index (χ1v) is 10.3. The van der Waals surface area contributed by atoms with Gasteiger partial charge in [0.05, 0.1) is 5.69 Å². The lowest BCUT2D eigenvalue weighted by atomic mass is 9.80. The summed E-state index contributed by atoms with van der Waals surface area (Å²) in [6.07, 6.45) is 0.990. The van der Waals surface area contributed by atoms with Crippen LogP contribution in [0.25, 0.3) is 11.3 Å². The van der Waals surface area contributed by atoms with Crippen molar-refractivity contribution >= 4 is 41.4 Å². The van der Waals surface area contributed by atoms with Crippen LogP contribution in [-0.2, 0) is 30.3 Å². The zero-order valence-corrected chi connectivity index (χ0v) is 18.0. The zero-order valence-electron chi connectivity index (χ0n) is 16.4. The molecule has 2 aromatic rings. The van der Waals surface area contributed by atoms with E-state index in [0.717, 1.165) is 20.8 Å². The van der Waals surface area contributed by atoms with E-state index >= 15 is 0 Å². The lowest BCUT2D eigenvalue weighted by molar-refractivity contribution is -0.154. The molecule has 0 radical (unpaired) electrons. The Bertz CT molecular complexity index is 899. The number of amides is 1. The summed E-state index contributed by atoms with van der Waals surface area (Å²) in [5, 5.41) is 1.97. The average molecular weight is 437 g/mol. The molecule has 29 heavy (non-hydrogen) atoms. The molecule has 1 aromatic carbocycles. The Morgan fingerprint density at radius 1 is 1.10 bits per heavy atom. The van der Waals surface area contributed by atoms with Crippen LogP contribution in [0.15, 0.2) is 29.6 Å². The van der Waals surface area contributed by atoms with E-state index in [2.05, 4.69) is 4.98 Å². The molecule has 1 amide bonds. The summed E-state index contributed by atoms with van der Waals surface area (Å²) >= 11 is 6.59. The van der Waals surface area contributed by atoms with Gasteiger partial charge in [0.2, 0.25) is 5.91 Å². The van der Waals surface area contributed by atoms with Crippen molar-refractivity contribution in [3.8, 4) is 11.3 Å². The number of hydrogen-bond acceptors (Lipinski definition) is 7. The number of carbonyl (C=O) groups excluding carboxylic acids is 3. The van der Waals surface area contributed by atoms with Crippen molar-refractivity contribution in [2.24, 2.45) is 11.1 Å². The Labute approximate surface area is 178 Å². The summed E-state index contributed by atoms with van der Waals surface area (Å²) in [5.74, 6) is -1.49. The molecule has 156 valence electrons. The van der Waals surface area contributed by atoms with Crippen molar-refractivity contribution in [2.75, 3.05) is 13.2 Å². The fourth-order valence-corrected chi connectivity index (χ4v) is 3.78. The van der Waals surface area contributed by atoms with Crippen LogP contribution >= 0.6 is 23.6 Å². The van der Waals surface area contributed by atoms with Gasteiger partial charge in [-0.25, -0.2) is 0 Å². The molecule has 1 aromatic heterocycles. The van der Waals surface area contributed by atoms with Crippen molar-refractivity contribution < 1.29 is 23.9 Å². The summed E-state index contributed by atoms with van der Waals surface area (Å²) in [4.78, 5) is 37.4. The summed E-state index contributed by atoms with van der Waals surface area (Å²) < 4.78 is 11.0. The van der Waals surface area contributed by atoms with Gasteiger partial charge in [-0.3, -0.25) is 14.4 Å². The van der Waals surface area contributed by atoms with Crippen LogP contribution in [0.3, 0.4) is 0 Å².